The second kappa shape index (κ2) is 6.67. The maximum absolute atomic E-state index is 12.4. The number of halogens is 1. The molecule has 1 atom stereocenters. The van der Waals surface area contributed by atoms with E-state index in [1.54, 1.807) is 32.4 Å². The molecule has 0 aliphatic heterocycles. The number of carbonyl (C=O) groups excluding carboxylic acids is 1. The molecule has 0 fully saturated rings. The normalized spacial score (nSPS) is 13.3. The van der Waals surface area contributed by atoms with Crippen molar-refractivity contribution in [2.24, 2.45) is 0 Å². The molecule has 0 aliphatic carbocycles. The summed E-state index contributed by atoms with van der Waals surface area (Å²) < 4.78 is 6.14. The van der Waals surface area contributed by atoms with E-state index in [4.69, 9.17) is 4.74 Å². The summed E-state index contributed by atoms with van der Waals surface area (Å²) in [7, 11) is 0. The molecule has 6 heteroatoms. The number of esters is 1. The SMILES string of the molecule is CCOC(=O)C(C)(Nc1ccc(Br)cc1)c1cnccn1. The number of hydrogen-bond acceptors (Lipinski definition) is 5. The molecule has 1 unspecified atom stereocenters. The number of rotatable bonds is 5. The van der Waals surface area contributed by atoms with Crippen molar-refractivity contribution in [2.45, 2.75) is 19.4 Å². The van der Waals surface area contributed by atoms with E-state index in [2.05, 4.69) is 31.2 Å². The number of carbonyl (C=O) groups is 1. The van der Waals surface area contributed by atoms with Crippen LogP contribution in [0.25, 0.3) is 0 Å². The number of aromatic nitrogens is 2. The Kier molecular flexibility index (Phi) is 4.90. The third-order valence-corrected chi connectivity index (χ3v) is 3.53. The molecule has 1 aromatic heterocycles. The monoisotopic (exact) mass is 349 g/mol. The molecule has 0 aliphatic rings. The number of anilines is 1. The number of nitrogens with zero attached hydrogens (tertiary/aromatic N) is 2. The average Bonchev–Trinajstić information content (AvgIpc) is 2.50. The van der Waals surface area contributed by atoms with E-state index in [-0.39, 0.29) is 0 Å². The fraction of sp³-hybridized carbons (Fsp3) is 0.267. The van der Waals surface area contributed by atoms with Crippen molar-refractivity contribution in [1.82, 2.24) is 9.97 Å². The van der Waals surface area contributed by atoms with Crippen LogP contribution in [0.5, 0.6) is 0 Å². The van der Waals surface area contributed by atoms with Crippen molar-refractivity contribution in [3.63, 3.8) is 0 Å². The van der Waals surface area contributed by atoms with Crippen LogP contribution in [0.1, 0.15) is 19.5 Å². The summed E-state index contributed by atoms with van der Waals surface area (Å²) in [6.45, 7) is 3.81. The van der Waals surface area contributed by atoms with Gasteiger partial charge in [0.2, 0.25) is 0 Å². The minimum absolute atomic E-state index is 0.302. The van der Waals surface area contributed by atoms with Gasteiger partial charge >= 0.3 is 5.97 Å². The van der Waals surface area contributed by atoms with Crippen LogP contribution >= 0.6 is 15.9 Å². The number of nitrogens with one attached hydrogen (secondary N) is 1. The quantitative estimate of drug-likeness (QED) is 0.840. The first-order chi connectivity index (χ1) is 10.1. The van der Waals surface area contributed by atoms with Gasteiger partial charge in [0.1, 0.15) is 0 Å². The van der Waals surface area contributed by atoms with Crippen molar-refractivity contribution in [3.05, 3.63) is 53.0 Å². The van der Waals surface area contributed by atoms with Gasteiger partial charge in [-0.2, -0.15) is 0 Å². The number of hydrogen-bond donors (Lipinski definition) is 1. The first kappa shape index (κ1) is 15.4. The molecule has 5 nitrogen and oxygen atoms in total. The Balaban J connectivity index is 2.36. The first-order valence-corrected chi connectivity index (χ1v) is 7.33. The maximum Gasteiger partial charge on any atom is 0.337 e. The molecule has 21 heavy (non-hydrogen) atoms. The number of ether oxygens (including phenoxy) is 1. The van der Waals surface area contributed by atoms with Crippen molar-refractivity contribution in [3.8, 4) is 0 Å². The summed E-state index contributed by atoms with van der Waals surface area (Å²) in [6.07, 6.45) is 4.67. The Bertz CT molecular complexity index is 604. The Morgan fingerprint density at radius 2 is 2.05 bits per heavy atom. The lowest BCUT2D eigenvalue weighted by Crippen LogP contribution is -2.42. The van der Waals surface area contributed by atoms with Crippen LogP contribution in [0.2, 0.25) is 0 Å². The molecule has 0 radical (unpaired) electrons. The molecule has 0 saturated heterocycles. The Hall–Kier alpha value is -1.95. The molecule has 0 amide bonds. The van der Waals surface area contributed by atoms with Crippen molar-refractivity contribution in [1.29, 1.82) is 0 Å². The third kappa shape index (κ3) is 3.58. The summed E-state index contributed by atoms with van der Waals surface area (Å²) in [4.78, 5) is 20.6. The minimum Gasteiger partial charge on any atom is -0.464 e. The van der Waals surface area contributed by atoms with Gasteiger partial charge in [-0.15, -0.1) is 0 Å². The van der Waals surface area contributed by atoms with Gasteiger partial charge in [-0.25, -0.2) is 4.79 Å². The van der Waals surface area contributed by atoms with Gasteiger partial charge in [-0.1, -0.05) is 15.9 Å². The minimum atomic E-state index is -1.10. The predicted octanol–water partition coefficient (Wildman–Crippen LogP) is 3.13. The molecule has 110 valence electrons. The van der Waals surface area contributed by atoms with Crippen molar-refractivity contribution >= 4 is 27.6 Å². The molecule has 1 N–H and O–H groups in total. The van der Waals surface area contributed by atoms with E-state index in [1.165, 1.54) is 0 Å². The van der Waals surface area contributed by atoms with Crippen LogP contribution in [0.15, 0.2) is 47.3 Å². The van der Waals surface area contributed by atoms with Crippen LogP contribution in [0.4, 0.5) is 5.69 Å². The van der Waals surface area contributed by atoms with Crippen LogP contribution < -0.4 is 5.32 Å². The lowest BCUT2D eigenvalue weighted by Gasteiger charge is -2.28. The van der Waals surface area contributed by atoms with Crippen LogP contribution in [0, 0.1) is 0 Å². The summed E-state index contributed by atoms with van der Waals surface area (Å²) in [5, 5.41) is 3.19. The highest BCUT2D eigenvalue weighted by molar-refractivity contribution is 9.10. The number of benzene rings is 1. The van der Waals surface area contributed by atoms with E-state index in [0.29, 0.717) is 12.3 Å². The van der Waals surface area contributed by atoms with Crippen LogP contribution in [-0.4, -0.2) is 22.5 Å². The van der Waals surface area contributed by atoms with Gasteiger partial charge in [-0.3, -0.25) is 9.97 Å². The smallest absolute Gasteiger partial charge is 0.337 e. The summed E-state index contributed by atoms with van der Waals surface area (Å²) >= 11 is 3.38. The largest absolute Gasteiger partial charge is 0.464 e. The van der Waals surface area contributed by atoms with Crippen LogP contribution in [-0.2, 0) is 15.1 Å². The fourth-order valence-electron chi connectivity index (χ4n) is 1.87. The molecule has 1 heterocycles. The highest BCUT2D eigenvalue weighted by atomic mass is 79.9. The zero-order valence-electron chi connectivity index (χ0n) is 11.8. The lowest BCUT2D eigenvalue weighted by molar-refractivity contribution is -0.148. The van der Waals surface area contributed by atoms with Gasteiger partial charge in [0.15, 0.2) is 5.54 Å². The molecule has 2 aromatic rings. The molecule has 1 aromatic carbocycles. The van der Waals surface area contributed by atoms with Gasteiger partial charge < -0.3 is 10.1 Å². The summed E-state index contributed by atoms with van der Waals surface area (Å²) in [5.74, 6) is -0.395. The van der Waals surface area contributed by atoms with Gasteiger partial charge in [-0.05, 0) is 38.1 Å². The Morgan fingerprint density at radius 3 is 2.62 bits per heavy atom. The topological polar surface area (TPSA) is 64.1 Å². The van der Waals surface area contributed by atoms with E-state index in [9.17, 15) is 4.79 Å². The lowest BCUT2D eigenvalue weighted by atomic mass is 9.97. The third-order valence-electron chi connectivity index (χ3n) is 3.00. The van der Waals surface area contributed by atoms with Gasteiger partial charge in [0.25, 0.3) is 0 Å². The first-order valence-electron chi connectivity index (χ1n) is 6.53. The molecule has 0 saturated carbocycles. The van der Waals surface area contributed by atoms with E-state index < -0.39 is 11.5 Å². The zero-order chi connectivity index (χ0) is 15.3. The molecule has 0 spiro atoms. The van der Waals surface area contributed by atoms with Gasteiger partial charge in [0.05, 0.1) is 18.5 Å². The Morgan fingerprint density at radius 1 is 1.33 bits per heavy atom. The summed E-state index contributed by atoms with van der Waals surface area (Å²) in [5.41, 5.74) is 0.198. The zero-order valence-corrected chi connectivity index (χ0v) is 13.4. The Labute approximate surface area is 131 Å². The van der Waals surface area contributed by atoms with Gasteiger partial charge in [0, 0.05) is 22.6 Å². The highest BCUT2D eigenvalue weighted by Crippen LogP contribution is 2.26. The second-order valence-corrected chi connectivity index (χ2v) is 5.48. The van der Waals surface area contributed by atoms with Crippen molar-refractivity contribution in [2.75, 3.05) is 11.9 Å². The average molecular weight is 350 g/mol. The summed E-state index contributed by atoms with van der Waals surface area (Å²) in [6, 6.07) is 7.53. The molecule has 2 rings (SSSR count). The standard InChI is InChI=1S/C15H16BrN3O2/c1-3-21-14(20)15(2,13-10-17-8-9-18-13)19-12-6-4-11(16)5-7-12/h4-10,19H,3H2,1-2H3. The molecule has 0 bridgehead atoms. The fourth-order valence-corrected chi connectivity index (χ4v) is 2.14. The second-order valence-electron chi connectivity index (χ2n) is 4.57. The maximum atomic E-state index is 12.4. The van der Waals surface area contributed by atoms with E-state index in [1.807, 2.05) is 24.3 Å². The van der Waals surface area contributed by atoms with Crippen LogP contribution in [0.3, 0.4) is 0 Å². The van der Waals surface area contributed by atoms with E-state index in [0.717, 1.165) is 10.2 Å². The van der Waals surface area contributed by atoms with Crippen molar-refractivity contribution < 1.29 is 9.53 Å². The molecular formula is C15H16BrN3O2. The molecular weight excluding hydrogens is 334 g/mol. The predicted molar refractivity (Wildman–Crippen MR) is 83.8 cm³/mol. The van der Waals surface area contributed by atoms with E-state index >= 15 is 0 Å². The highest BCUT2D eigenvalue weighted by Gasteiger charge is 2.38.